The summed E-state index contributed by atoms with van der Waals surface area (Å²) in [5.74, 6) is -0.239. The monoisotopic (exact) mass is 1020 g/mol. The number of hydrogen-bond donors (Lipinski definition) is 3. The molecule has 3 N–H and O–H groups in total. The second-order valence-electron chi connectivity index (χ2n) is 19.9. The fraction of sp³-hybridized carbons (Fsp3) is 0.635. The number of aliphatic hydroxyl groups excluding tert-OH is 1. The summed E-state index contributed by atoms with van der Waals surface area (Å²) in [5.41, 5.74) is 0. The van der Waals surface area contributed by atoms with Crippen LogP contribution in [0.1, 0.15) is 206 Å². The van der Waals surface area contributed by atoms with Crippen LogP contribution in [0.2, 0.25) is 0 Å². The first-order valence-corrected chi connectivity index (χ1v) is 30.1. The van der Waals surface area contributed by atoms with Gasteiger partial charge in [-0.2, -0.15) is 0 Å². The standard InChI is InChI=1S/C63H107N2O6P/c1-6-8-10-12-14-16-18-20-22-24-26-28-30-31-32-33-35-37-39-41-43-45-47-49-51-53-55-57-63(67)64-61(60-71-72(68,69)70-59-58-65(3,4)5)62(66)56-54-52-50-48-46-44-42-40-38-36-34-29-27-25-23-21-19-17-15-13-11-9-7-2/h8,10,14,16,20,22,26,28,31-32,35,37-38,40-41,43,46-49,54,56,61-62,66H,6-7,9,11-13,15,17-19,21,23-25,27,29-30,33-34,36,39,42,44-45,50-53,55,57-60H2,1-5H3,(H-,64,67,68,69)/p+1/b10-8-,16-14-,22-20-,28-26-,32-31-,37-35-,40-38+,43-41-,48-46+,49-47-,56-54+. The number of unbranched alkanes of at least 4 members (excludes halogenated alkanes) is 17. The van der Waals surface area contributed by atoms with E-state index in [1.165, 1.54) is 89.9 Å². The fourth-order valence-electron chi connectivity index (χ4n) is 7.38. The summed E-state index contributed by atoms with van der Waals surface area (Å²) in [7, 11) is 1.49. The predicted molar refractivity (Wildman–Crippen MR) is 313 cm³/mol. The van der Waals surface area contributed by atoms with Gasteiger partial charge in [0.15, 0.2) is 0 Å². The molecule has 0 bridgehead atoms. The molecule has 9 heteroatoms. The van der Waals surface area contributed by atoms with E-state index in [9.17, 15) is 19.4 Å². The molecule has 0 aliphatic heterocycles. The highest BCUT2D eigenvalue weighted by atomic mass is 31.2. The lowest BCUT2D eigenvalue weighted by Crippen LogP contribution is -2.45. The van der Waals surface area contributed by atoms with Crippen molar-refractivity contribution >= 4 is 13.7 Å². The minimum atomic E-state index is -4.38. The van der Waals surface area contributed by atoms with Crippen LogP contribution in [0.4, 0.5) is 0 Å². The molecule has 0 saturated carbocycles. The third-order valence-electron chi connectivity index (χ3n) is 11.8. The molecule has 1 amide bonds. The van der Waals surface area contributed by atoms with Crippen LogP contribution in [0.3, 0.4) is 0 Å². The van der Waals surface area contributed by atoms with E-state index < -0.39 is 20.0 Å². The average molecular weight is 1020 g/mol. The Labute approximate surface area is 443 Å². The number of allylic oxidation sites excluding steroid dienone is 21. The van der Waals surface area contributed by atoms with Crippen LogP contribution < -0.4 is 5.32 Å². The number of rotatable bonds is 50. The maximum atomic E-state index is 13.0. The van der Waals surface area contributed by atoms with E-state index in [0.717, 1.165) is 89.9 Å². The number of quaternary nitrogens is 1. The van der Waals surface area contributed by atoms with E-state index in [1.807, 2.05) is 27.2 Å². The number of phosphoric ester groups is 1. The molecule has 0 aromatic heterocycles. The van der Waals surface area contributed by atoms with Gasteiger partial charge in [-0.05, 0) is 109 Å². The summed E-state index contributed by atoms with van der Waals surface area (Å²) >= 11 is 0. The third kappa shape index (κ3) is 54.4. The number of carbonyl (C=O) groups excluding carboxylic acids is 1. The van der Waals surface area contributed by atoms with E-state index in [4.69, 9.17) is 9.05 Å². The van der Waals surface area contributed by atoms with Crippen LogP contribution in [0.5, 0.6) is 0 Å². The molecule has 8 nitrogen and oxygen atoms in total. The third-order valence-corrected chi connectivity index (χ3v) is 12.8. The largest absolute Gasteiger partial charge is 0.472 e. The fourth-order valence-corrected chi connectivity index (χ4v) is 8.12. The van der Waals surface area contributed by atoms with Gasteiger partial charge >= 0.3 is 7.82 Å². The Balaban J connectivity index is 4.45. The Hall–Kier alpha value is -3.36. The van der Waals surface area contributed by atoms with Crippen LogP contribution in [-0.4, -0.2) is 73.4 Å². The first kappa shape index (κ1) is 68.6. The van der Waals surface area contributed by atoms with Gasteiger partial charge < -0.3 is 19.8 Å². The van der Waals surface area contributed by atoms with Gasteiger partial charge in [0, 0.05) is 6.42 Å². The van der Waals surface area contributed by atoms with Crippen LogP contribution in [0, 0.1) is 0 Å². The number of aliphatic hydroxyl groups is 1. The van der Waals surface area contributed by atoms with Gasteiger partial charge in [0.1, 0.15) is 13.2 Å². The highest BCUT2D eigenvalue weighted by Crippen LogP contribution is 2.43. The van der Waals surface area contributed by atoms with Crippen molar-refractivity contribution in [3.8, 4) is 0 Å². The molecule has 3 unspecified atom stereocenters. The van der Waals surface area contributed by atoms with E-state index in [-0.39, 0.29) is 25.5 Å². The van der Waals surface area contributed by atoms with Gasteiger partial charge in [0.25, 0.3) is 0 Å². The van der Waals surface area contributed by atoms with Crippen molar-refractivity contribution in [2.24, 2.45) is 0 Å². The minimum Gasteiger partial charge on any atom is -0.387 e. The van der Waals surface area contributed by atoms with Crippen molar-refractivity contribution in [1.29, 1.82) is 0 Å². The smallest absolute Gasteiger partial charge is 0.387 e. The van der Waals surface area contributed by atoms with Crippen molar-refractivity contribution in [3.63, 3.8) is 0 Å². The molecular weight excluding hydrogens is 912 g/mol. The number of nitrogens with one attached hydrogen (secondary N) is 1. The molecular formula is C63H108N2O6P+. The summed E-state index contributed by atoms with van der Waals surface area (Å²) in [5, 5.41) is 13.9. The summed E-state index contributed by atoms with van der Waals surface area (Å²) in [6, 6.07) is -0.905. The number of nitrogens with zero attached hydrogens (tertiary/aromatic N) is 1. The normalized spacial score (nSPS) is 14.9. The molecule has 0 radical (unpaired) electrons. The summed E-state index contributed by atoms with van der Waals surface area (Å²) in [6.45, 7) is 4.63. The topological polar surface area (TPSA) is 105 Å². The zero-order chi connectivity index (χ0) is 52.7. The molecule has 0 aliphatic rings. The summed E-state index contributed by atoms with van der Waals surface area (Å²) in [4.78, 5) is 23.3. The van der Waals surface area contributed by atoms with E-state index in [1.54, 1.807) is 6.08 Å². The van der Waals surface area contributed by atoms with Gasteiger partial charge in [-0.25, -0.2) is 4.57 Å². The Morgan fingerprint density at radius 3 is 1.28 bits per heavy atom. The summed E-state index contributed by atoms with van der Waals surface area (Å²) in [6.07, 6.45) is 79.9. The van der Waals surface area contributed by atoms with Crippen molar-refractivity contribution in [2.75, 3.05) is 40.9 Å². The summed E-state index contributed by atoms with van der Waals surface area (Å²) < 4.78 is 23.6. The van der Waals surface area contributed by atoms with Gasteiger partial charge in [-0.3, -0.25) is 13.8 Å². The first-order valence-electron chi connectivity index (χ1n) is 28.6. The lowest BCUT2D eigenvalue weighted by atomic mass is 10.0. The molecule has 0 saturated heterocycles. The molecule has 0 spiro atoms. The van der Waals surface area contributed by atoms with Crippen LogP contribution >= 0.6 is 7.82 Å². The van der Waals surface area contributed by atoms with E-state index >= 15 is 0 Å². The van der Waals surface area contributed by atoms with Crippen molar-refractivity contribution in [2.45, 2.75) is 219 Å². The highest BCUT2D eigenvalue weighted by Gasteiger charge is 2.27. The number of hydrogen-bond acceptors (Lipinski definition) is 5. The van der Waals surface area contributed by atoms with Crippen LogP contribution in [-0.2, 0) is 18.4 Å². The Morgan fingerprint density at radius 2 is 0.847 bits per heavy atom. The van der Waals surface area contributed by atoms with E-state index in [0.29, 0.717) is 17.4 Å². The number of carbonyl (C=O) groups is 1. The quantitative estimate of drug-likeness (QED) is 0.0243. The van der Waals surface area contributed by atoms with Gasteiger partial charge in [-0.1, -0.05) is 225 Å². The van der Waals surface area contributed by atoms with Crippen LogP contribution in [0.15, 0.2) is 134 Å². The Kier molecular flexibility index (Phi) is 50.1. The molecule has 0 rings (SSSR count). The second-order valence-corrected chi connectivity index (χ2v) is 21.4. The van der Waals surface area contributed by atoms with Crippen molar-refractivity contribution < 1.29 is 32.9 Å². The second kappa shape index (κ2) is 52.5. The first-order chi connectivity index (χ1) is 35.0. The molecule has 0 aromatic carbocycles. The Bertz CT molecular complexity index is 1630. The van der Waals surface area contributed by atoms with Crippen molar-refractivity contribution in [1.82, 2.24) is 5.32 Å². The minimum absolute atomic E-state index is 0.0368. The molecule has 0 heterocycles. The molecule has 410 valence electrons. The highest BCUT2D eigenvalue weighted by molar-refractivity contribution is 7.47. The SMILES string of the molecule is CC/C=C\C/C=C\C/C=C\C/C=C\C/C=C\C/C=C\C/C=C\C/C=C\CCCCC(=O)NC(COP(=O)(O)OCC[N+](C)(C)C)C(O)/C=C/CC/C=C/CC/C=C/CCCCCCCCCCCCCCC. The molecule has 0 fully saturated rings. The van der Waals surface area contributed by atoms with Gasteiger partial charge in [-0.15, -0.1) is 0 Å². The lowest BCUT2D eigenvalue weighted by molar-refractivity contribution is -0.870. The maximum Gasteiger partial charge on any atom is 0.472 e. The number of likely N-dealkylation sites (N-methyl/N-ethyl adjacent to an activating group) is 1. The molecule has 72 heavy (non-hydrogen) atoms. The van der Waals surface area contributed by atoms with Gasteiger partial charge in [0.05, 0.1) is 39.9 Å². The van der Waals surface area contributed by atoms with Gasteiger partial charge in [0.2, 0.25) is 5.91 Å². The average Bonchev–Trinajstić information content (AvgIpc) is 3.34. The molecule has 0 aliphatic carbocycles. The van der Waals surface area contributed by atoms with E-state index in [2.05, 4.69) is 141 Å². The van der Waals surface area contributed by atoms with Crippen LogP contribution in [0.25, 0.3) is 0 Å². The maximum absolute atomic E-state index is 13.0. The number of phosphoric acid groups is 1. The predicted octanol–water partition coefficient (Wildman–Crippen LogP) is 17.5. The zero-order valence-electron chi connectivity index (χ0n) is 46.6. The Morgan fingerprint density at radius 1 is 0.486 bits per heavy atom. The zero-order valence-corrected chi connectivity index (χ0v) is 47.5. The lowest BCUT2D eigenvalue weighted by Gasteiger charge is -2.25. The molecule has 3 atom stereocenters. The molecule has 0 aromatic rings. The number of amides is 1. The van der Waals surface area contributed by atoms with Crippen molar-refractivity contribution in [3.05, 3.63) is 134 Å².